The molecule has 1 fully saturated rings. The van der Waals surface area contributed by atoms with Crippen molar-refractivity contribution in [3.63, 3.8) is 0 Å². The average molecular weight is 390 g/mol. The van der Waals surface area contributed by atoms with Crippen LogP contribution in [0.25, 0.3) is 5.57 Å². The summed E-state index contributed by atoms with van der Waals surface area (Å²) in [6.45, 7) is 5.69. The first kappa shape index (κ1) is 19.2. The second-order valence-corrected chi connectivity index (χ2v) is 7.83. The second-order valence-electron chi connectivity index (χ2n) is 7.83. The highest BCUT2D eigenvalue weighted by atomic mass is 16.5. The first-order valence-corrected chi connectivity index (χ1v) is 10.1. The first-order valence-electron chi connectivity index (χ1n) is 10.1. The number of hydrogen-bond donors (Lipinski definition) is 0. The number of rotatable bonds is 4. The Morgan fingerprint density at radius 1 is 0.931 bits per heavy atom. The molecule has 5 heteroatoms. The lowest BCUT2D eigenvalue weighted by Gasteiger charge is -2.32. The number of carbonyl (C=O) groups is 2. The number of ether oxygens (including phenoxy) is 1. The number of piperidine rings is 1. The van der Waals surface area contributed by atoms with Gasteiger partial charge in [0.2, 0.25) is 0 Å². The van der Waals surface area contributed by atoms with Gasteiger partial charge in [-0.15, -0.1) is 0 Å². The Morgan fingerprint density at radius 3 is 2.28 bits per heavy atom. The number of benzene rings is 2. The standard InChI is InChI=1S/C24H26N2O3/c1-16-12-14-25(15-13-16)22-21(18-9-5-7-11-20(18)29-3)23(27)26(24(22)28)19-10-6-4-8-17(19)2/h4-11,16H,12-15H2,1-3H3. The average Bonchev–Trinajstić information content (AvgIpc) is 2.99. The summed E-state index contributed by atoms with van der Waals surface area (Å²) in [6, 6.07) is 14.9. The SMILES string of the molecule is COc1ccccc1C1=C(N2CCC(C)CC2)C(=O)N(c2ccccc2C)C1=O. The number of imide groups is 1. The van der Waals surface area contributed by atoms with Crippen molar-refractivity contribution < 1.29 is 14.3 Å². The minimum absolute atomic E-state index is 0.250. The van der Waals surface area contributed by atoms with Gasteiger partial charge in [-0.3, -0.25) is 9.59 Å². The monoisotopic (exact) mass is 390 g/mol. The molecule has 0 saturated carbocycles. The normalized spacial score (nSPS) is 18.0. The lowest BCUT2D eigenvalue weighted by atomic mass is 9.97. The van der Waals surface area contributed by atoms with E-state index < -0.39 is 0 Å². The van der Waals surface area contributed by atoms with Gasteiger partial charge in [0.1, 0.15) is 11.4 Å². The summed E-state index contributed by atoms with van der Waals surface area (Å²) in [5, 5.41) is 0. The third kappa shape index (κ3) is 3.31. The molecule has 5 nitrogen and oxygen atoms in total. The van der Waals surface area contributed by atoms with Crippen LogP contribution in [0.15, 0.2) is 54.2 Å². The number of amides is 2. The summed E-state index contributed by atoms with van der Waals surface area (Å²) in [4.78, 5) is 30.6. The van der Waals surface area contributed by atoms with Gasteiger partial charge in [0.05, 0.1) is 18.4 Å². The molecule has 2 aromatic rings. The fourth-order valence-electron chi connectivity index (χ4n) is 4.17. The zero-order valence-corrected chi connectivity index (χ0v) is 17.1. The van der Waals surface area contributed by atoms with E-state index in [9.17, 15) is 9.59 Å². The molecule has 0 aromatic heterocycles. The topological polar surface area (TPSA) is 49.9 Å². The van der Waals surface area contributed by atoms with Crippen molar-refractivity contribution in [2.24, 2.45) is 5.92 Å². The number of likely N-dealkylation sites (tertiary alicyclic amines) is 1. The lowest BCUT2D eigenvalue weighted by Crippen LogP contribution is -2.38. The van der Waals surface area contributed by atoms with E-state index in [4.69, 9.17) is 4.74 Å². The van der Waals surface area contributed by atoms with Crippen molar-refractivity contribution in [3.05, 3.63) is 65.4 Å². The highest BCUT2D eigenvalue weighted by molar-refractivity contribution is 6.45. The largest absolute Gasteiger partial charge is 0.496 e. The Kier molecular flexibility index (Phi) is 5.14. The molecule has 2 aliphatic heterocycles. The van der Waals surface area contributed by atoms with Crippen LogP contribution in [0.4, 0.5) is 5.69 Å². The van der Waals surface area contributed by atoms with Crippen molar-refractivity contribution in [2.75, 3.05) is 25.1 Å². The molecule has 0 bridgehead atoms. The third-order valence-electron chi connectivity index (χ3n) is 5.89. The van der Waals surface area contributed by atoms with E-state index in [0.717, 1.165) is 31.5 Å². The predicted molar refractivity (Wildman–Crippen MR) is 114 cm³/mol. The van der Waals surface area contributed by atoms with E-state index in [2.05, 4.69) is 11.8 Å². The molecule has 2 heterocycles. The summed E-state index contributed by atoms with van der Waals surface area (Å²) >= 11 is 0. The van der Waals surface area contributed by atoms with Gasteiger partial charge in [-0.2, -0.15) is 0 Å². The minimum atomic E-state index is -0.289. The van der Waals surface area contributed by atoms with Gasteiger partial charge in [-0.1, -0.05) is 43.3 Å². The zero-order chi connectivity index (χ0) is 20.5. The van der Waals surface area contributed by atoms with Crippen molar-refractivity contribution in [2.45, 2.75) is 26.7 Å². The molecule has 2 amide bonds. The van der Waals surface area contributed by atoms with E-state index in [1.165, 1.54) is 4.90 Å². The maximum atomic E-state index is 13.6. The molecule has 0 atom stereocenters. The molecular formula is C24H26N2O3. The Morgan fingerprint density at radius 2 is 1.59 bits per heavy atom. The van der Waals surface area contributed by atoms with Crippen molar-refractivity contribution >= 4 is 23.1 Å². The van der Waals surface area contributed by atoms with Gasteiger partial charge in [-0.05, 0) is 43.4 Å². The summed E-state index contributed by atoms with van der Waals surface area (Å²) < 4.78 is 5.52. The van der Waals surface area contributed by atoms with E-state index in [-0.39, 0.29) is 11.8 Å². The molecule has 0 unspecified atom stereocenters. The van der Waals surface area contributed by atoms with Crippen LogP contribution in [-0.4, -0.2) is 36.9 Å². The van der Waals surface area contributed by atoms with Crippen LogP contribution in [0.1, 0.15) is 30.9 Å². The Labute approximate surface area is 171 Å². The molecule has 4 rings (SSSR count). The number of carbonyl (C=O) groups excluding carboxylic acids is 2. The molecule has 1 saturated heterocycles. The quantitative estimate of drug-likeness (QED) is 0.740. The number of methoxy groups -OCH3 is 1. The van der Waals surface area contributed by atoms with E-state index in [0.29, 0.717) is 34.2 Å². The number of para-hydroxylation sites is 2. The highest BCUT2D eigenvalue weighted by Crippen LogP contribution is 2.39. The Bertz CT molecular complexity index is 987. The lowest BCUT2D eigenvalue weighted by molar-refractivity contribution is -0.120. The molecule has 2 aliphatic rings. The van der Waals surface area contributed by atoms with Crippen LogP contribution in [0.2, 0.25) is 0 Å². The third-order valence-corrected chi connectivity index (χ3v) is 5.89. The smallest absolute Gasteiger partial charge is 0.282 e. The number of nitrogens with zero attached hydrogens (tertiary/aromatic N) is 2. The number of aryl methyl sites for hydroxylation is 1. The van der Waals surface area contributed by atoms with Crippen LogP contribution in [0.3, 0.4) is 0 Å². The molecule has 29 heavy (non-hydrogen) atoms. The Hall–Kier alpha value is -3.08. The van der Waals surface area contributed by atoms with Gasteiger partial charge in [0.15, 0.2) is 0 Å². The maximum absolute atomic E-state index is 13.6. The molecule has 0 N–H and O–H groups in total. The molecule has 2 aromatic carbocycles. The van der Waals surface area contributed by atoms with Crippen molar-refractivity contribution in [3.8, 4) is 5.75 Å². The number of anilines is 1. The summed E-state index contributed by atoms with van der Waals surface area (Å²) in [6.07, 6.45) is 2.02. The molecular weight excluding hydrogens is 364 g/mol. The van der Waals surface area contributed by atoms with Crippen LogP contribution in [0.5, 0.6) is 5.75 Å². The van der Waals surface area contributed by atoms with E-state index >= 15 is 0 Å². The summed E-state index contributed by atoms with van der Waals surface area (Å²) in [7, 11) is 1.59. The first-order chi connectivity index (χ1) is 14.0. The van der Waals surface area contributed by atoms with Crippen LogP contribution in [-0.2, 0) is 9.59 Å². The van der Waals surface area contributed by atoms with Crippen LogP contribution < -0.4 is 9.64 Å². The number of hydrogen-bond acceptors (Lipinski definition) is 4. The van der Waals surface area contributed by atoms with E-state index in [1.807, 2.05) is 55.5 Å². The van der Waals surface area contributed by atoms with Gasteiger partial charge in [0.25, 0.3) is 11.8 Å². The molecule has 0 radical (unpaired) electrons. The fourth-order valence-corrected chi connectivity index (χ4v) is 4.17. The predicted octanol–water partition coefficient (Wildman–Crippen LogP) is 4.02. The summed E-state index contributed by atoms with van der Waals surface area (Å²) in [5.41, 5.74) is 3.12. The van der Waals surface area contributed by atoms with Gasteiger partial charge in [-0.25, -0.2) is 4.90 Å². The maximum Gasteiger partial charge on any atom is 0.282 e. The van der Waals surface area contributed by atoms with E-state index in [1.54, 1.807) is 7.11 Å². The molecule has 150 valence electrons. The minimum Gasteiger partial charge on any atom is -0.496 e. The van der Waals surface area contributed by atoms with Crippen LogP contribution >= 0.6 is 0 Å². The van der Waals surface area contributed by atoms with Crippen molar-refractivity contribution in [1.82, 2.24) is 4.90 Å². The van der Waals surface area contributed by atoms with Gasteiger partial charge < -0.3 is 9.64 Å². The molecule has 0 spiro atoms. The highest BCUT2D eigenvalue weighted by Gasteiger charge is 2.44. The second kappa shape index (κ2) is 7.74. The summed E-state index contributed by atoms with van der Waals surface area (Å²) in [5.74, 6) is 0.682. The van der Waals surface area contributed by atoms with Gasteiger partial charge >= 0.3 is 0 Å². The molecule has 0 aliphatic carbocycles. The van der Waals surface area contributed by atoms with Gasteiger partial charge in [0, 0.05) is 18.7 Å². The Balaban J connectivity index is 1.87. The zero-order valence-electron chi connectivity index (χ0n) is 17.1. The van der Waals surface area contributed by atoms with Crippen molar-refractivity contribution in [1.29, 1.82) is 0 Å². The van der Waals surface area contributed by atoms with Crippen LogP contribution in [0, 0.1) is 12.8 Å². The fraction of sp³-hybridized carbons (Fsp3) is 0.333.